The highest BCUT2D eigenvalue weighted by atomic mass is 32.1. The number of phenolic OH excluding ortho intramolecular Hbond substituents is 1. The molecule has 1 N–H and O–H groups in total. The van der Waals surface area contributed by atoms with Crippen molar-refractivity contribution in [2.24, 2.45) is 0 Å². The van der Waals surface area contributed by atoms with Crippen molar-refractivity contribution in [2.45, 2.75) is 13.8 Å². The van der Waals surface area contributed by atoms with Crippen molar-refractivity contribution in [2.75, 3.05) is 6.79 Å². The SMILES string of the molecule is Cc1ncc(-c2csc(C)n2)c(-c2ccc3c(c2O)OCO3)n1. The lowest BCUT2D eigenvalue weighted by molar-refractivity contribution is 0.171. The predicted octanol–water partition coefficient (Wildman–Crippen LogP) is 3.32. The predicted molar refractivity (Wildman–Crippen MR) is 85.8 cm³/mol. The lowest BCUT2D eigenvalue weighted by atomic mass is 10.0. The number of nitrogens with zero attached hydrogens (tertiary/aromatic N) is 3. The number of rotatable bonds is 2. The van der Waals surface area contributed by atoms with Crippen LogP contribution in [0.15, 0.2) is 23.7 Å². The van der Waals surface area contributed by atoms with E-state index in [9.17, 15) is 5.11 Å². The number of ether oxygens (including phenoxy) is 2. The van der Waals surface area contributed by atoms with E-state index in [1.165, 1.54) is 0 Å². The summed E-state index contributed by atoms with van der Waals surface area (Å²) in [5.41, 5.74) is 2.76. The van der Waals surface area contributed by atoms with Crippen LogP contribution in [0.2, 0.25) is 0 Å². The van der Waals surface area contributed by atoms with Gasteiger partial charge in [0, 0.05) is 22.7 Å². The van der Waals surface area contributed by atoms with E-state index >= 15 is 0 Å². The average molecular weight is 327 g/mol. The van der Waals surface area contributed by atoms with Crippen LogP contribution in [-0.4, -0.2) is 26.9 Å². The average Bonchev–Trinajstić information content (AvgIpc) is 3.17. The lowest BCUT2D eigenvalue weighted by Gasteiger charge is -2.10. The van der Waals surface area contributed by atoms with Gasteiger partial charge in [-0.15, -0.1) is 11.3 Å². The summed E-state index contributed by atoms with van der Waals surface area (Å²) in [6.45, 7) is 3.86. The maximum Gasteiger partial charge on any atom is 0.231 e. The van der Waals surface area contributed by atoms with Gasteiger partial charge in [-0.05, 0) is 26.0 Å². The van der Waals surface area contributed by atoms with Crippen LogP contribution in [-0.2, 0) is 0 Å². The van der Waals surface area contributed by atoms with Crippen molar-refractivity contribution in [3.8, 4) is 39.8 Å². The van der Waals surface area contributed by atoms with Crippen molar-refractivity contribution in [3.63, 3.8) is 0 Å². The van der Waals surface area contributed by atoms with Crippen molar-refractivity contribution in [1.29, 1.82) is 0 Å². The molecule has 0 radical (unpaired) electrons. The van der Waals surface area contributed by atoms with Crippen LogP contribution in [0.3, 0.4) is 0 Å². The van der Waals surface area contributed by atoms with E-state index in [1.54, 1.807) is 29.7 Å². The number of hydrogen-bond acceptors (Lipinski definition) is 7. The second kappa shape index (κ2) is 5.20. The lowest BCUT2D eigenvalue weighted by Crippen LogP contribution is -1.96. The highest BCUT2D eigenvalue weighted by molar-refractivity contribution is 7.09. The number of aromatic nitrogens is 3. The molecule has 0 aliphatic carbocycles. The molecule has 3 heterocycles. The molecule has 2 aromatic heterocycles. The van der Waals surface area contributed by atoms with Gasteiger partial charge in [0.05, 0.1) is 16.4 Å². The van der Waals surface area contributed by atoms with Crippen LogP contribution < -0.4 is 9.47 Å². The van der Waals surface area contributed by atoms with Gasteiger partial charge in [0.25, 0.3) is 0 Å². The Labute approximate surface area is 136 Å². The van der Waals surface area contributed by atoms with Crippen molar-refractivity contribution in [3.05, 3.63) is 34.5 Å². The number of fused-ring (bicyclic) bond motifs is 1. The van der Waals surface area contributed by atoms with E-state index < -0.39 is 0 Å². The molecule has 7 heteroatoms. The zero-order valence-electron chi connectivity index (χ0n) is 12.5. The molecule has 0 fully saturated rings. The Morgan fingerprint density at radius 2 is 2.00 bits per heavy atom. The minimum absolute atomic E-state index is 0.0197. The zero-order valence-corrected chi connectivity index (χ0v) is 13.3. The molecule has 0 atom stereocenters. The van der Waals surface area contributed by atoms with Crippen molar-refractivity contribution < 1.29 is 14.6 Å². The Morgan fingerprint density at radius 1 is 1.13 bits per heavy atom. The topological polar surface area (TPSA) is 77.4 Å². The maximum atomic E-state index is 10.5. The summed E-state index contributed by atoms with van der Waals surface area (Å²) in [5.74, 6) is 1.52. The molecule has 116 valence electrons. The molecule has 1 aliphatic rings. The molecule has 6 nitrogen and oxygen atoms in total. The summed E-state index contributed by atoms with van der Waals surface area (Å²) in [5, 5.41) is 13.5. The van der Waals surface area contributed by atoms with Crippen LogP contribution in [0, 0.1) is 13.8 Å². The monoisotopic (exact) mass is 327 g/mol. The second-order valence-electron chi connectivity index (χ2n) is 5.13. The molecule has 1 aliphatic heterocycles. The van der Waals surface area contributed by atoms with E-state index in [-0.39, 0.29) is 12.5 Å². The first-order valence-electron chi connectivity index (χ1n) is 7.01. The molecule has 0 spiro atoms. The summed E-state index contributed by atoms with van der Waals surface area (Å²) >= 11 is 1.56. The van der Waals surface area contributed by atoms with Crippen molar-refractivity contribution >= 4 is 11.3 Å². The molecule has 1 aromatic carbocycles. The fourth-order valence-electron chi connectivity index (χ4n) is 2.50. The second-order valence-corrected chi connectivity index (χ2v) is 6.19. The minimum Gasteiger partial charge on any atom is -0.504 e. The zero-order chi connectivity index (χ0) is 16.0. The number of thiazole rings is 1. The van der Waals surface area contributed by atoms with E-state index in [0.717, 1.165) is 16.3 Å². The Morgan fingerprint density at radius 3 is 2.78 bits per heavy atom. The first-order chi connectivity index (χ1) is 11.1. The number of benzene rings is 1. The first-order valence-corrected chi connectivity index (χ1v) is 7.89. The van der Waals surface area contributed by atoms with Crippen LogP contribution in [0.5, 0.6) is 17.2 Å². The van der Waals surface area contributed by atoms with Gasteiger partial charge in [-0.25, -0.2) is 15.0 Å². The quantitative estimate of drug-likeness (QED) is 0.778. The van der Waals surface area contributed by atoms with Crippen LogP contribution in [0.25, 0.3) is 22.5 Å². The Balaban J connectivity index is 1.94. The van der Waals surface area contributed by atoms with Gasteiger partial charge in [-0.3, -0.25) is 0 Å². The van der Waals surface area contributed by atoms with E-state index in [0.29, 0.717) is 28.6 Å². The maximum absolute atomic E-state index is 10.5. The van der Waals surface area contributed by atoms with E-state index in [4.69, 9.17) is 9.47 Å². The Bertz CT molecular complexity index is 908. The normalized spacial score (nSPS) is 12.6. The minimum atomic E-state index is 0.0197. The number of hydrogen-bond donors (Lipinski definition) is 1. The van der Waals surface area contributed by atoms with Gasteiger partial charge in [-0.2, -0.15) is 0 Å². The molecule has 0 bridgehead atoms. The van der Waals surface area contributed by atoms with Gasteiger partial charge < -0.3 is 14.6 Å². The molecule has 3 aromatic rings. The van der Waals surface area contributed by atoms with Gasteiger partial charge in [0.1, 0.15) is 5.82 Å². The van der Waals surface area contributed by atoms with E-state index in [1.807, 2.05) is 19.2 Å². The van der Waals surface area contributed by atoms with E-state index in [2.05, 4.69) is 15.0 Å². The number of aromatic hydroxyl groups is 1. The van der Waals surface area contributed by atoms with Gasteiger partial charge in [-0.1, -0.05) is 0 Å². The summed E-state index contributed by atoms with van der Waals surface area (Å²) in [6.07, 6.45) is 1.73. The third kappa shape index (κ3) is 2.29. The van der Waals surface area contributed by atoms with Gasteiger partial charge >= 0.3 is 0 Å². The Hall–Kier alpha value is -2.67. The van der Waals surface area contributed by atoms with Crippen molar-refractivity contribution in [1.82, 2.24) is 15.0 Å². The molecule has 23 heavy (non-hydrogen) atoms. The summed E-state index contributed by atoms with van der Waals surface area (Å²) in [6, 6.07) is 3.54. The fourth-order valence-corrected chi connectivity index (χ4v) is 3.11. The molecule has 4 rings (SSSR count). The highest BCUT2D eigenvalue weighted by Gasteiger charge is 2.24. The fraction of sp³-hybridized carbons (Fsp3) is 0.188. The first kappa shape index (κ1) is 14.0. The standard InChI is InChI=1S/C16H13N3O3S/c1-8-17-5-11(12-6-23-9(2)19-12)14(18-8)10-3-4-13-16(15(10)20)22-7-21-13/h3-6,20H,7H2,1-2H3. The third-order valence-corrected chi connectivity index (χ3v) is 4.35. The number of aryl methyl sites for hydroxylation is 2. The summed E-state index contributed by atoms with van der Waals surface area (Å²) < 4.78 is 10.6. The summed E-state index contributed by atoms with van der Waals surface area (Å²) in [7, 11) is 0. The summed E-state index contributed by atoms with van der Waals surface area (Å²) in [4.78, 5) is 13.3. The Kier molecular flexibility index (Phi) is 3.16. The smallest absolute Gasteiger partial charge is 0.231 e. The molecular weight excluding hydrogens is 314 g/mol. The van der Waals surface area contributed by atoms with Crippen LogP contribution >= 0.6 is 11.3 Å². The number of phenols is 1. The third-order valence-electron chi connectivity index (χ3n) is 3.57. The molecular formula is C16H13N3O3S. The molecule has 0 saturated carbocycles. The van der Waals surface area contributed by atoms with Gasteiger partial charge in [0.2, 0.25) is 12.5 Å². The molecule has 0 saturated heterocycles. The van der Waals surface area contributed by atoms with Crippen LogP contribution in [0.4, 0.5) is 0 Å². The van der Waals surface area contributed by atoms with Crippen LogP contribution in [0.1, 0.15) is 10.8 Å². The van der Waals surface area contributed by atoms with Gasteiger partial charge in [0.15, 0.2) is 11.5 Å². The molecule has 0 amide bonds. The highest BCUT2D eigenvalue weighted by Crippen LogP contribution is 2.47. The molecule has 0 unspecified atom stereocenters. The largest absolute Gasteiger partial charge is 0.504 e.